The quantitative estimate of drug-likeness (QED) is 0.0413. The number of unbranched alkanes of at least 4 members (excludes halogenated alkanes) is 2. The minimum absolute atomic E-state index is 0.130. The van der Waals surface area contributed by atoms with Gasteiger partial charge in [-0.05, 0) is 122 Å². The Morgan fingerprint density at radius 2 is 1.68 bits per heavy atom. The Labute approximate surface area is 312 Å². The summed E-state index contributed by atoms with van der Waals surface area (Å²) in [5, 5.41) is 68.0. The lowest BCUT2D eigenvalue weighted by Crippen LogP contribution is -2.62. The SMILES string of the molecule is CCCCCc1cc(CCc2c(O)c(O)c3c(O)cccc3c2/C=C/c2ccc(O)c(O)c2)ccc1CN[C@@H]1C[C@H]2CC[C@@H]3CCC[C@@H](CO)[C@]3(C1)O2. The van der Waals surface area contributed by atoms with E-state index < -0.39 is 0 Å². The van der Waals surface area contributed by atoms with Gasteiger partial charge in [-0.15, -0.1) is 0 Å². The first-order chi connectivity index (χ1) is 25.7. The number of rotatable bonds is 13. The standard InChI is InChI=1S/C45H55NO7/c1-2-3-4-7-30-22-28(12-16-31(30)26-46-34-24-35-18-17-32-8-5-9-33(27-47)45(32,25-34)53-35)14-20-38-36(19-13-29-15-21-39(48)41(50)23-29)37-10-6-11-40(49)42(37)44(52)43(38)51/h6,10-13,15-16,19,21-23,32-35,46-52H,2-5,7-9,14,17-18,20,24-27H2,1H3/b19-13+/t32-,33-,34+,35+,45+/m0/s1. The van der Waals surface area contributed by atoms with Gasteiger partial charge in [0, 0.05) is 30.7 Å². The molecule has 53 heavy (non-hydrogen) atoms. The maximum atomic E-state index is 11.4. The molecule has 4 aromatic carbocycles. The van der Waals surface area contributed by atoms with Crippen LogP contribution in [0, 0.1) is 11.8 Å². The lowest BCUT2D eigenvalue weighted by Gasteiger charge is -2.58. The molecule has 8 nitrogen and oxygen atoms in total. The number of aliphatic hydroxyl groups is 1. The number of benzene rings is 4. The first-order valence-electron chi connectivity index (χ1n) is 19.7. The van der Waals surface area contributed by atoms with Crippen LogP contribution in [0.4, 0.5) is 0 Å². The van der Waals surface area contributed by atoms with Crippen LogP contribution in [-0.4, -0.2) is 55.0 Å². The molecule has 2 bridgehead atoms. The van der Waals surface area contributed by atoms with Crippen LogP contribution in [-0.2, 0) is 30.5 Å². The van der Waals surface area contributed by atoms with Crippen LogP contribution >= 0.6 is 0 Å². The number of aryl methyl sites for hydroxylation is 2. The van der Waals surface area contributed by atoms with Gasteiger partial charge in [-0.25, -0.2) is 0 Å². The van der Waals surface area contributed by atoms with Crippen LogP contribution in [0.2, 0.25) is 0 Å². The molecular weight excluding hydrogens is 666 g/mol. The zero-order chi connectivity index (χ0) is 37.1. The zero-order valence-electron chi connectivity index (χ0n) is 30.9. The molecule has 3 aliphatic rings. The van der Waals surface area contributed by atoms with E-state index in [0.29, 0.717) is 46.9 Å². The fourth-order valence-electron chi connectivity index (χ4n) is 9.67. The summed E-state index contributed by atoms with van der Waals surface area (Å²) in [5.41, 5.74) is 5.45. The first-order valence-corrected chi connectivity index (χ1v) is 19.7. The zero-order valence-corrected chi connectivity index (χ0v) is 30.9. The Morgan fingerprint density at radius 3 is 2.49 bits per heavy atom. The number of fused-ring (bicyclic) bond motifs is 2. The Kier molecular flexibility index (Phi) is 11.2. The number of phenolic OH excluding ortho intramolecular Hbond substituents is 5. The van der Waals surface area contributed by atoms with Crippen molar-refractivity contribution >= 4 is 22.9 Å². The van der Waals surface area contributed by atoms with Crippen molar-refractivity contribution in [3.63, 3.8) is 0 Å². The molecule has 5 atom stereocenters. The van der Waals surface area contributed by atoms with Gasteiger partial charge in [0.25, 0.3) is 0 Å². The van der Waals surface area contributed by atoms with Gasteiger partial charge in [0.1, 0.15) is 5.75 Å². The van der Waals surface area contributed by atoms with Gasteiger partial charge in [0.05, 0.1) is 17.1 Å². The summed E-state index contributed by atoms with van der Waals surface area (Å²) >= 11 is 0. The summed E-state index contributed by atoms with van der Waals surface area (Å²) in [6, 6.07) is 16.6. The van der Waals surface area contributed by atoms with Crippen molar-refractivity contribution in [1.82, 2.24) is 5.32 Å². The highest BCUT2D eigenvalue weighted by molar-refractivity contribution is 6.03. The Bertz CT molecular complexity index is 1950. The average molecular weight is 722 g/mol. The molecule has 1 spiro atoms. The Balaban J connectivity index is 1.13. The van der Waals surface area contributed by atoms with E-state index in [1.165, 1.54) is 48.6 Å². The van der Waals surface area contributed by atoms with Gasteiger partial charge < -0.3 is 40.7 Å². The topological polar surface area (TPSA) is 143 Å². The van der Waals surface area contributed by atoms with Crippen molar-refractivity contribution in [2.24, 2.45) is 11.8 Å². The minimum Gasteiger partial charge on any atom is -0.507 e. The number of nitrogens with one attached hydrogen (secondary N) is 1. The molecule has 0 radical (unpaired) electrons. The lowest BCUT2D eigenvalue weighted by molar-refractivity contribution is -0.241. The third-order valence-electron chi connectivity index (χ3n) is 12.5. The van der Waals surface area contributed by atoms with E-state index in [0.717, 1.165) is 63.5 Å². The molecule has 3 fully saturated rings. The lowest BCUT2D eigenvalue weighted by atomic mass is 9.60. The molecule has 4 aromatic rings. The van der Waals surface area contributed by atoms with Crippen LogP contribution in [0.1, 0.15) is 105 Å². The van der Waals surface area contributed by atoms with Gasteiger partial charge in [-0.3, -0.25) is 0 Å². The van der Waals surface area contributed by atoms with Gasteiger partial charge in [-0.2, -0.15) is 0 Å². The molecule has 7 rings (SSSR count). The molecule has 282 valence electrons. The highest BCUT2D eigenvalue weighted by Gasteiger charge is 2.55. The first kappa shape index (κ1) is 37.1. The Morgan fingerprint density at radius 1 is 0.811 bits per heavy atom. The van der Waals surface area contributed by atoms with Gasteiger partial charge in [0.2, 0.25) is 0 Å². The smallest absolute Gasteiger partial charge is 0.169 e. The fraction of sp³-hybridized carbons (Fsp3) is 0.467. The van der Waals surface area contributed by atoms with Gasteiger partial charge in [-0.1, -0.05) is 74.7 Å². The summed E-state index contributed by atoms with van der Waals surface area (Å²) in [6.45, 7) is 3.22. The van der Waals surface area contributed by atoms with Crippen LogP contribution in [0.25, 0.3) is 22.9 Å². The molecule has 7 N–H and O–H groups in total. The van der Waals surface area contributed by atoms with Crippen LogP contribution in [0.3, 0.4) is 0 Å². The number of aromatic hydroxyl groups is 5. The summed E-state index contributed by atoms with van der Waals surface area (Å²) in [6.07, 6.45) is 17.1. The van der Waals surface area contributed by atoms with Crippen LogP contribution in [0.15, 0.2) is 54.6 Å². The molecule has 0 unspecified atom stereocenters. The number of aliphatic hydroxyl groups excluding tert-OH is 1. The summed E-state index contributed by atoms with van der Waals surface area (Å²) in [7, 11) is 0. The molecule has 0 amide bonds. The molecule has 2 aliphatic heterocycles. The normalized spacial score (nSPS) is 24.1. The van der Waals surface area contributed by atoms with E-state index in [2.05, 4.69) is 30.4 Å². The van der Waals surface area contributed by atoms with Crippen molar-refractivity contribution < 1.29 is 35.4 Å². The third-order valence-corrected chi connectivity index (χ3v) is 12.5. The second kappa shape index (κ2) is 16.0. The van der Waals surface area contributed by atoms with E-state index in [9.17, 15) is 30.6 Å². The van der Waals surface area contributed by atoms with Crippen molar-refractivity contribution in [2.45, 2.75) is 115 Å². The molecule has 2 saturated heterocycles. The minimum atomic E-state index is -0.351. The van der Waals surface area contributed by atoms with Gasteiger partial charge in [0.15, 0.2) is 23.0 Å². The summed E-state index contributed by atoms with van der Waals surface area (Å²) in [4.78, 5) is 0. The van der Waals surface area contributed by atoms with E-state index in [-0.39, 0.29) is 58.4 Å². The van der Waals surface area contributed by atoms with Crippen molar-refractivity contribution in [2.75, 3.05) is 6.61 Å². The highest BCUT2D eigenvalue weighted by Crippen LogP contribution is 2.53. The van der Waals surface area contributed by atoms with E-state index in [1.807, 2.05) is 12.1 Å². The van der Waals surface area contributed by atoms with Crippen molar-refractivity contribution in [3.8, 4) is 28.7 Å². The average Bonchev–Trinajstić information content (AvgIpc) is 3.15. The summed E-state index contributed by atoms with van der Waals surface area (Å²) < 4.78 is 6.80. The van der Waals surface area contributed by atoms with Crippen LogP contribution in [0.5, 0.6) is 28.7 Å². The molecule has 8 heteroatoms. The third kappa shape index (κ3) is 7.59. The van der Waals surface area contributed by atoms with E-state index in [4.69, 9.17) is 4.74 Å². The van der Waals surface area contributed by atoms with E-state index in [1.54, 1.807) is 18.2 Å². The van der Waals surface area contributed by atoms with Crippen molar-refractivity contribution in [3.05, 3.63) is 88.0 Å². The number of ether oxygens (including phenoxy) is 1. The molecule has 1 saturated carbocycles. The second-order valence-corrected chi connectivity index (χ2v) is 15.7. The number of phenols is 5. The number of hydrogen-bond donors (Lipinski definition) is 7. The largest absolute Gasteiger partial charge is 0.507 e. The maximum Gasteiger partial charge on any atom is 0.169 e. The van der Waals surface area contributed by atoms with Gasteiger partial charge >= 0.3 is 0 Å². The highest BCUT2D eigenvalue weighted by atomic mass is 16.5. The summed E-state index contributed by atoms with van der Waals surface area (Å²) in [5.74, 6) is -0.420. The second-order valence-electron chi connectivity index (χ2n) is 15.7. The molecule has 0 aromatic heterocycles. The predicted octanol–water partition coefficient (Wildman–Crippen LogP) is 8.63. The molecule has 1 aliphatic carbocycles. The number of hydrogen-bond acceptors (Lipinski definition) is 8. The fourth-order valence-corrected chi connectivity index (χ4v) is 9.67. The molecular formula is C45H55NO7. The maximum absolute atomic E-state index is 11.4. The Hall–Kier alpha value is -4.24. The predicted molar refractivity (Wildman–Crippen MR) is 209 cm³/mol. The van der Waals surface area contributed by atoms with Crippen LogP contribution < -0.4 is 5.32 Å². The van der Waals surface area contributed by atoms with Crippen molar-refractivity contribution in [1.29, 1.82) is 0 Å². The van der Waals surface area contributed by atoms with E-state index >= 15 is 0 Å². The monoisotopic (exact) mass is 721 g/mol. The molecule has 2 heterocycles.